The summed E-state index contributed by atoms with van der Waals surface area (Å²) < 4.78 is 31.7. The molecule has 0 atom stereocenters. The van der Waals surface area contributed by atoms with E-state index in [1.807, 2.05) is 17.7 Å². The summed E-state index contributed by atoms with van der Waals surface area (Å²) in [6, 6.07) is 6.56. The maximum absolute atomic E-state index is 13.8. The van der Waals surface area contributed by atoms with Crippen LogP contribution in [-0.4, -0.2) is 21.6 Å². The fraction of sp³-hybridized carbons (Fsp3) is 0.250. The number of hydrogen-bond acceptors (Lipinski definition) is 6. The van der Waals surface area contributed by atoms with Gasteiger partial charge in [0.1, 0.15) is 11.6 Å². The van der Waals surface area contributed by atoms with E-state index < -0.39 is 0 Å². The largest absolute Gasteiger partial charge is 0.467 e. The first-order valence-electron chi connectivity index (χ1n) is 7.30. The van der Waals surface area contributed by atoms with Crippen molar-refractivity contribution in [2.45, 2.75) is 17.5 Å². The van der Waals surface area contributed by atoms with Crippen molar-refractivity contribution in [1.82, 2.24) is 14.8 Å². The fourth-order valence-electron chi connectivity index (χ4n) is 2.57. The van der Waals surface area contributed by atoms with Crippen molar-refractivity contribution in [3.8, 4) is 17.3 Å². The number of benzene rings is 1. The smallest absolute Gasteiger partial charge is 0.200 e. The molecule has 0 saturated carbocycles. The summed E-state index contributed by atoms with van der Waals surface area (Å²) in [5, 5.41) is 9.04. The molecule has 0 unspecified atom stereocenters. The van der Waals surface area contributed by atoms with E-state index in [4.69, 9.17) is 13.9 Å². The number of halogens is 1. The zero-order chi connectivity index (χ0) is 16.5. The fourth-order valence-corrected chi connectivity index (χ4v) is 3.44. The molecule has 24 heavy (non-hydrogen) atoms. The average Bonchev–Trinajstić information content (AvgIpc) is 3.22. The van der Waals surface area contributed by atoms with E-state index in [1.165, 1.54) is 23.9 Å². The molecule has 0 bridgehead atoms. The monoisotopic (exact) mass is 347 g/mol. The van der Waals surface area contributed by atoms with Crippen molar-refractivity contribution < 1.29 is 18.3 Å². The SMILES string of the molecule is Cn1c(SCc2cc(F)cc3c2OCOC3)nnc1-c1ccco1. The van der Waals surface area contributed by atoms with Crippen LogP contribution in [0.1, 0.15) is 11.1 Å². The third-order valence-electron chi connectivity index (χ3n) is 3.68. The molecule has 1 aliphatic rings. The van der Waals surface area contributed by atoms with Crippen LogP contribution in [0.15, 0.2) is 40.1 Å². The molecule has 6 nitrogen and oxygen atoms in total. The first-order valence-corrected chi connectivity index (χ1v) is 8.29. The van der Waals surface area contributed by atoms with Gasteiger partial charge in [0.25, 0.3) is 0 Å². The van der Waals surface area contributed by atoms with Gasteiger partial charge < -0.3 is 18.5 Å². The number of ether oxygens (including phenoxy) is 2. The summed E-state index contributed by atoms with van der Waals surface area (Å²) in [7, 11) is 1.87. The molecule has 0 amide bonds. The van der Waals surface area contributed by atoms with Crippen LogP contribution < -0.4 is 4.74 Å². The number of thioether (sulfide) groups is 1. The van der Waals surface area contributed by atoms with E-state index in [0.717, 1.165) is 11.1 Å². The van der Waals surface area contributed by atoms with Crippen LogP contribution >= 0.6 is 11.8 Å². The normalized spacial score (nSPS) is 13.6. The lowest BCUT2D eigenvalue weighted by atomic mass is 10.1. The van der Waals surface area contributed by atoms with Gasteiger partial charge in [-0.1, -0.05) is 11.8 Å². The van der Waals surface area contributed by atoms with E-state index >= 15 is 0 Å². The van der Waals surface area contributed by atoms with E-state index in [2.05, 4.69) is 10.2 Å². The van der Waals surface area contributed by atoms with E-state index in [0.29, 0.717) is 34.9 Å². The Hall–Kier alpha value is -2.32. The van der Waals surface area contributed by atoms with Crippen LogP contribution in [0.4, 0.5) is 4.39 Å². The van der Waals surface area contributed by atoms with Gasteiger partial charge in [-0.3, -0.25) is 0 Å². The summed E-state index contributed by atoms with van der Waals surface area (Å²) in [5.41, 5.74) is 1.51. The van der Waals surface area contributed by atoms with E-state index in [1.54, 1.807) is 12.3 Å². The zero-order valence-corrected chi connectivity index (χ0v) is 13.7. The average molecular weight is 347 g/mol. The zero-order valence-electron chi connectivity index (χ0n) is 12.9. The van der Waals surface area contributed by atoms with Crippen LogP contribution in [0.5, 0.6) is 5.75 Å². The molecule has 8 heteroatoms. The lowest BCUT2D eigenvalue weighted by molar-refractivity contribution is -0.0171. The molecule has 1 aliphatic heterocycles. The molecule has 3 aromatic rings. The van der Waals surface area contributed by atoms with Crippen LogP contribution in [0.2, 0.25) is 0 Å². The minimum absolute atomic E-state index is 0.183. The summed E-state index contributed by atoms with van der Waals surface area (Å²) in [5.74, 6) is 2.22. The van der Waals surface area contributed by atoms with Gasteiger partial charge in [0.2, 0.25) is 0 Å². The number of furan rings is 1. The minimum atomic E-state index is -0.298. The Bertz CT molecular complexity index is 864. The van der Waals surface area contributed by atoms with Crippen molar-refractivity contribution in [3.05, 3.63) is 47.5 Å². The van der Waals surface area contributed by atoms with Gasteiger partial charge in [-0.05, 0) is 24.3 Å². The number of aromatic nitrogens is 3. The van der Waals surface area contributed by atoms with Gasteiger partial charge >= 0.3 is 0 Å². The molecule has 124 valence electrons. The molecule has 3 heterocycles. The molecule has 2 aromatic heterocycles. The molecule has 0 saturated heterocycles. The third kappa shape index (κ3) is 2.78. The third-order valence-corrected chi connectivity index (χ3v) is 4.75. The van der Waals surface area contributed by atoms with Crippen LogP contribution in [-0.2, 0) is 24.1 Å². The summed E-state index contributed by atoms with van der Waals surface area (Å²) in [6.07, 6.45) is 1.59. The predicted octanol–water partition coefficient (Wildman–Crippen LogP) is 3.37. The second-order valence-electron chi connectivity index (χ2n) is 5.29. The highest BCUT2D eigenvalue weighted by molar-refractivity contribution is 7.98. The molecule has 1 aromatic carbocycles. The highest BCUT2D eigenvalue weighted by atomic mass is 32.2. The minimum Gasteiger partial charge on any atom is -0.467 e. The van der Waals surface area contributed by atoms with Crippen molar-refractivity contribution in [1.29, 1.82) is 0 Å². The van der Waals surface area contributed by atoms with E-state index in [-0.39, 0.29) is 12.6 Å². The maximum atomic E-state index is 13.8. The molecular weight excluding hydrogens is 333 g/mol. The molecule has 0 fully saturated rings. The van der Waals surface area contributed by atoms with Gasteiger partial charge in [0.15, 0.2) is 23.5 Å². The first-order chi connectivity index (χ1) is 11.7. The molecule has 0 spiro atoms. The number of rotatable bonds is 4. The lowest BCUT2D eigenvalue weighted by Crippen LogP contribution is -2.13. The lowest BCUT2D eigenvalue weighted by Gasteiger charge is -2.20. The van der Waals surface area contributed by atoms with Crippen molar-refractivity contribution in [2.24, 2.45) is 7.05 Å². The Labute approximate surface area is 141 Å². The van der Waals surface area contributed by atoms with Gasteiger partial charge in [-0.2, -0.15) is 0 Å². The number of hydrogen-bond donors (Lipinski definition) is 0. The van der Waals surface area contributed by atoms with Crippen molar-refractivity contribution >= 4 is 11.8 Å². The molecule has 0 N–H and O–H groups in total. The number of fused-ring (bicyclic) bond motifs is 1. The van der Waals surface area contributed by atoms with Gasteiger partial charge in [0.05, 0.1) is 12.9 Å². The highest BCUT2D eigenvalue weighted by Crippen LogP contribution is 2.34. The summed E-state index contributed by atoms with van der Waals surface area (Å²) >= 11 is 1.46. The Morgan fingerprint density at radius 2 is 2.25 bits per heavy atom. The second-order valence-corrected chi connectivity index (χ2v) is 6.24. The van der Waals surface area contributed by atoms with E-state index in [9.17, 15) is 4.39 Å². The Morgan fingerprint density at radius 3 is 3.08 bits per heavy atom. The molecular formula is C16H14FN3O3S. The standard InChI is InChI=1S/C16H14FN3O3S/c1-20-15(13-3-2-4-22-13)18-19-16(20)24-8-11-6-12(17)5-10-7-21-9-23-14(10)11/h2-6H,7-9H2,1H3. The maximum Gasteiger partial charge on any atom is 0.200 e. The van der Waals surface area contributed by atoms with Crippen LogP contribution in [0.25, 0.3) is 11.6 Å². The van der Waals surface area contributed by atoms with Gasteiger partial charge in [-0.15, -0.1) is 10.2 Å². The number of nitrogens with zero attached hydrogens (tertiary/aromatic N) is 3. The molecule has 0 radical (unpaired) electrons. The molecule has 4 rings (SSSR count). The molecule has 0 aliphatic carbocycles. The Balaban J connectivity index is 1.57. The van der Waals surface area contributed by atoms with Crippen molar-refractivity contribution in [2.75, 3.05) is 6.79 Å². The second kappa shape index (κ2) is 6.29. The predicted molar refractivity (Wildman–Crippen MR) is 85.0 cm³/mol. The topological polar surface area (TPSA) is 62.3 Å². The quantitative estimate of drug-likeness (QED) is 0.674. The van der Waals surface area contributed by atoms with Gasteiger partial charge in [0, 0.05) is 23.9 Å². The summed E-state index contributed by atoms with van der Waals surface area (Å²) in [4.78, 5) is 0. The Kier molecular flexibility index (Phi) is 3.99. The van der Waals surface area contributed by atoms with Crippen LogP contribution in [0, 0.1) is 5.82 Å². The van der Waals surface area contributed by atoms with Gasteiger partial charge in [-0.25, -0.2) is 4.39 Å². The Morgan fingerprint density at radius 1 is 1.33 bits per heavy atom. The van der Waals surface area contributed by atoms with Crippen LogP contribution in [0.3, 0.4) is 0 Å². The van der Waals surface area contributed by atoms with Crippen molar-refractivity contribution in [3.63, 3.8) is 0 Å². The highest BCUT2D eigenvalue weighted by Gasteiger charge is 2.19. The summed E-state index contributed by atoms with van der Waals surface area (Å²) in [6.45, 7) is 0.542. The first kappa shape index (κ1) is 15.2.